The van der Waals surface area contributed by atoms with Gasteiger partial charge in [-0.25, -0.2) is 0 Å². The number of amides is 1. The Morgan fingerprint density at radius 3 is 2.82 bits per heavy atom. The summed E-state index contributed by atoms with van der Waals surface area (Å²) in [4.78, 5) is 11.7. The van der Waals surface area contributed by atoms with Gasteiger partial charge in [0.15, 0.2) is 0 Å². The molecule has 0 saturated carbocycles. The van der Waals surface area contributed by atoms with Crippen molar-refractivity contribution in [2.24, 2.45) is 0 Å². The van der Waals surface area contributed by atoms with Gasteiger partial charge in [-0.3, -0.25) is 4.79 Å². The molecule has 0 saturated heterocycles. The van der Waals surface area contributed by atoms with Crippen molar-refractivity contribution in [1.82, 2.24) is 10.2 Å². The second kappa shape index (κ2) is 4.99. The summed E-state index contributed by atoms with van der Waals surface area (Å²) in [7, 11) is 0. The van der Waals surface area contributed by atoms with Crippen molar-refractivity contribution in [2.75, 3.05) is 11.1 Å². The SMILES string of the molecule is Nc1nnc(C(=O)Nc2ccc(Cl)c(Br)c2)s1. The molecule has 0 fully saturated rings. The molecular formula is C9H6BrClN4OS. The second-order valence-corrected chi connectivity index (χ2v) is 5.30. The predicted molar refractivity (Wildman–Crippen MR) is 71.4 cm³/mol. The highest BCUT2D eigenvalue weighted by Gasteiger charge is 2.12. The number of benzene rings is 1. The Morgan fingerprint density at radius 1 is 1.47 bits per heavy atom. The third-order valence-corrected chi connectivity index (χ3v) is 3.78. The smallest absolute Gasteiger partial charge is 0.286 e. The van der Waals surface area contributed by atoms with Crippen LogP contribution in [0, 0.1) is 0 Å². The number of hydrogen-bond donors (Lipinski definition) is 2. The number of nitrogens with one attached hydrogen (secondary N) is 1. The number of nitrogens with two attached hydrogens (primary N) is 1. The van der Waals surface area contributed by atoms with Gasteiger partial charge in [0.1, 0.15) is 0 Å². The van der Waals surface area contributed by atoms with Gasteiger partial charge in [0.2, 0.25) is 10.1 Å². The summed E-state index contributed by atoms with van der Waals surface area (Å²) in [6, 6.07) is 5.07. The molecule has 1 aromatic carbocycles. The maximum absolute atomic E-state index is 11.7. The number of aromatic nitrogens is 2. The fourth-order valence-electron chi connectivity index (χ4n) is 1.08. The zero-order valence-corrected chi connectivity index (χ0v) is 11.4. The molecule has 88 valence electrons. The number of carbonyl (C=O) groups excluding carboxylic acids is 1. The van der Waals surface area contributed by atoms with E-state index in [-0.39, 0.29) is 16.0 Å². The molecular weight excluding hydrogens is 328 g/mol. The van der Waals surface area contributed by atoms with Crippen LogP contribution in [0.15, 0.2) is 22.7 Å². The van der Waals surface area contributed by atoms with Crippen LogP contribution >= 0.6 is 38.9 Å². The third-order valence-electron chi connectivity index (χ3n) is 1.81. The van der Waals surface area contributed by atoms with Crippen molar-refractivity contribution in [3.05, 3.63) is 32.7 Å². The zero-order valence-electron chi connectivity index (χ0n) is 8.28. The quantitative estimate of drug-likeness (QED) is 0.885. The van der Waals surface area contributed by atoms with E-state index in [2.05, 4.69) is 31.4 Å². The van der Waals surface area contributed by atoms with Gasteiger partial charge in [-0.1, -0.05) is 22.9 Å². The van der Waals surface area contributed by atoms with Gasteiger partial charge >= 0.3 is 0 Å². The van der Waals surface area contributed by atoms with E-state index in [1.54, 1.807) is 18.2 Å². The monoisotopic (exact) mass is 332 g/mol. The fraction of sp³-hybridized carbons (Fsp3) is 0. The van der Waals surface area contributed by atoms with E-state index >= 15 is 0 Å². The molecule has 1 amide bonds. The Labute approximate surface area is 114 Å². The van der Waals surface area contributed by atoms with Gasteiger partial charge < -0.3 is 11.1 Å². The first-order valence-corrected chi connectivity index (χ1v) is 6.40. The Bertz CT molecular complexity index is 574. The van der Waals surface area contributed by atoms with Crippen molar-refractivity contribution in [3.8, 4) is 0 Å². The van der Waals surface area contributed by atoms with E-state index in [0.717, 1.165) is 11.3 Å². The summed E-state index contributed by atoms with van der Waals surface area (Å²) < 4.78 is 0.703. The minimum absolute atomic E-state index is 0.216. The molecule has 0 atom stereocenters. The first kappa shape index (κ1) is 12.3. The molecule has 0 spiro atoms. The maximum atomic E-state index is 11.7. The maximum Gasteiger partial charge on any atom is 0.286 e. The Kier molecular flexibility index (Phi) is 3.60. The highest BCUT2D eigenvalue weighted by atomic mass is 79.9. The molecule has 17 heavy (non-hydrogen) atoms. The van der Waals surface area contributed by atoms with Gasteiger partial charge in [-0.2, -0.15) is 0 Å². The van der Waals surface area contributed by atoms with Crippen LogP contribution in [0.2, 0.25) is 5.02 Å². The van der Waals surface area contributed by atoms with Crippen molar-refractivity contribution >= 4 is 55.6 Å². The molecule has 2 aromatic rings. The van der Waals surface area contributed by atoms with Crippen LogP contribution in [0.25, 0.3) is 0 Å². The molecule has 1 heterocycles. The lowest BCUT2D eigenvalue weighted by molar-refractivity contribution is 0.102. The van der Waals surface area contributed by atoms with Gasteiger partial charge in [-0.15, -0.1) is 10.2 Å². The molecule has 0 bridgehead atoms. The first-order valence-electron chi connectivity index (χ1n) is 4.41. The molecule has 8 heteroatoms. The van der Waals surface area contributed by atoms with E-state index in [4.69, 9.17) is 17.3 Å². The third kappa shape index (κ3) is 2.93. The molecule has 0 aliphatic carbocycles. The number of nitrogens with zero attached hydrogens (tertiary/aromatic N) is 2. The number of nitrogen functional groups attached to an aromatic ring is 1. The van der Waals surface area contributed by atoms with Crippen LogP contribution in [-0.2, 0) is 0 Å². The van der Waals surface area contributed by atoms with Gasteiger partial charge in [0, 0.05) is 10.2 Å². The molecule has 0 aliphatic heterocycles. The van der Waals surface area contributed by atoms with Crippen LogP contribution in [0.1, 0.15) is 9.80 Å². The zero-order chi connectivity index (χ0) is 12.4. The molecule has 0 aliphatic rings. The topological polar surface area (TPSA) is 80.9 Å². The fourth-order valence-corrected chi connectivity index (χ4v) is 2.09. The largest absolute Gasteiger partial charge is 0.374 e. The summed E-state index contributed by atoms with van der Waals surface area (Å²) in [5.41, 5.74) is 6.00. The summed E-state index contributed by atoms with van der Waals surface area (Å²) in [6.45, 7) is 0. The van der Waals surface area contributed by atoms with Crippen LogP contribution in [0.3, 0.4) is 0 Å². The van der Waals surface area contributed by atoms with Crippen molar-refractivity contribution in [3.63, 3.8) is 0 Å². The molecule has 0 unspecified atom stereocenters. The van der Waals surface area contributed by atoms with Crippen molar-refractivity contribution < 1.29 is 4.79 Å². The van der Waals surface area contributed by atoms with E-state index < -0.39 is 0 Å². The highest BCUT2D eigenvalue weighted by molar-refractivity contribution is 9.10. The van der Waals surface area contributed by atoms with Gasteiger partial charge in [0.05, 0.1) is 5.02 Å². The highest BCUT2D eigenvalue weighted by Crippen LogP contribution is 2.26. The molecule has 2 rings (SSSR count). The summed E-state index contributed by atoms with van der Waals surface area (Å²) in [5, 5.41) is 10.9. The minimum Gasteiger partial charge on any atom is -0.374 e. The lowest BCUT2D eigenvalue weighted by Crippen LogP contribution is -2.11. The second-order valence-electron chi connectivity index (χ2n) is 3.03. The normalized spacial score (nSPS) is 10.2. The molecule has 0 radical (unpaired) electrons. The number of rotatable bonds is 2. The summed E-state index contributed by atoms with van der Waals surface area (Å²) in [6.07, 6.45) is 0. The lowest BCUT2D eigenvalue weighted by atomic mass is 10.3. The number of halogens is 2. The van der Waals surface area contributed by atoms with Crippen LogP contribution < -0.4 is 11.1 Å². The molecule has 3 N–H and O–H groups in total. The lowest BCUT2D eigenvalue weighted by Gasteiger charge is -2.03. The standard InChI is InChI=1S/C9H6BrClN4OS/c10-5-3-4(1-2-6(5)11)13-7(16)8-14-15-9(12)17-8/h1-3H,(H2,12,15)(H,13,16). The molecule has 5 nitrogen and oxygen atoms in total. The Balaban J connectivity index is 2.15. The van der Waals surface area contributed by atoms with Gasteiger partial charge in [0.25, 0.3) is 5.91 Å². The number of anilines is 2. The van der Waals surface area contributed by atoms with Crippen LogP contribution in [0.4, 0.5) is 10.8 Å². The van der Waals surface area contributed by atoms with Gasteiger partial charge in [-0.05, 0) is 34.1 Å². The molecule has 1 aromatic heterocycles. The summed E-state index contributed by atoms with van der Waals surface area (Å²) >= 11 is 10.1. The first-order chi connectivity index (χ1) is 8.06. The Morgan fingerprint density at radius 2 is 2.24 bits per heavy atom. The number of carbonyl (C=O) groups is 1. The van der Waals surface area contributed by atoms with Crippen molar-refractivity contribution in [1.29, 1.82) is 0 Å². The van der Waals surface area contributed by atoms with E-state index in [0.29, 0.717) is 15.2 Å². The summed E-state index contributed by atoms with van der Waals surface area (Å²) in [5.74, 6) is -0.353. The minimum atomic E-state index is -0.353. The average Bonchev–Trinajstić information content (AvgIpc) is 2.70. The van der Waals surface area contributed by atoms with Crippen LogP contribution in [-0.4, -0.2) is 16.1 Å². The average molecular weight is 334 g/mol. The van der Waals surface area contributed by atoms with E-state index in [1.807, 2.05) is 0 Å². The number of hydrogen-bond acceptors (Lipinski definition) is 5. The van der Waals surface area contributed by atoms with E-state index in [9.17, 15) is 4.79 Å². The predicted octanol–water partition coefficient (Wildman–Crippen LogP) is 2.79. The Hall–Kier alpha value is -1.18. The van der Waals surface area contributed by atoms with E-state index in [1.165, 1.54) is 0 Å². The van der Waals surface area contributed by atoms with Crippen LogP contribution in [0.5, 0.6) is 0 Å². The van der Waals surface area contributed by atoms with Crippen molar-refractivity contribution in [2.45, 2.75) is 0 Å².